The SMILES string of the molecule is O=C1NCCC12CCCNCCC2. The number of hydrogen-bond donors (Lipinski definition) is 2. The Morgan fingerprint density at radius 1 is 1.00 bits per heavy atom. The zero-order chi connectivity index (χ0) is 9.15. The molecule has 1 amide bonds. The minimum absolute atomic E-state index is 0.0160. The fraction of sp³-hybridized carbons (Fsp3) is 0.900. The second kappa shape index (κ2) is 3.66. The molecule has 2 aliphatic heterocycles. The lowest BCUT2D eigenvalue weighted by atomic mass is 9.77. The van der Waals surface area contributed by atoms with Crippen molar-refractivity contribution in [2.24, 2.45) is 5.41 Å². The molecule has 1 spiro atoms. The van der Waals surface area contributed by atoms with Crippen molar-refractivity contribution < 1.29 is 4.79 Å². The minimum atomic E-state index is 0.0160. The summed E-state index contributed by atoms with van der Waals surface area (Å²) < 4.78 is 0. The van der Waals surface area contributed by atoms with Crippen LogP contribution >= 0.6 is 0 Å². The molecule has 2 saturated heterocycles. The van der Waals surface area contributed by atoms with Crippen LogP contribution in [0.2, 0.25) is 0 Å². The molecule has 0 unspecified atom stereocenters. The van der Waals surface area contributed by atoms with Crippen molar-refractivity contribution in [3.8, 4) is 0 Å². The lowest BCUT2D eigenvalue weighted by Gasteiger charge is -2.28. The van der Waals surface area contributed by atoms with Crippen molar-refractivity contribution >= 4 is 5.91 Å². The van der Waals surface area contributed by atoms with E-state index in [9.17, 15) is 4.79 Å². The molecular weight excluding hydrogens is 164 g/mol. The standard InChI is InChI=1S/C10H18N2O/c13-9-10(5-8-12-9)3-1-6-11-7-2-4-10/h11H,1-8H2,(H,12,13). The Balaban J connectivity index is 2.04. The fourth-order valence-corrected chi connectivity index (χ4v) is 2.55. The van der Waals surface area contributed by atoms with Crippen molar-refractivity contribution in [2.45, 2.75) is 32.1 Å². The molecule has 0 saturated carbocycles. The van der Waals surface area contributed by atoms with E-state index in [1.165, 1.54) is 0 Å². The second-order valence-electron chi connectivity index (χ2n) is 4.24. The average Bonchev–Trinajstić information content (AvgIpc) is 2.42. The van der Waals surface area contributed by atoms with Gasteiger partial charge in [-0.2, -0.15) is 0 Å². The average molecular weight is 182 g/mol. The zero-order valence-electron chi connectivity index (χ0n) is 8.07. The van der Waals surface area contributed by atoms with Crippen LogP contribution in [0.4, 0.5) is 0 Å². The topological polar surface area (TPSA) is 41.1 Å². The van der Waals surface area contributed by atoms with Crippen LogP contribution in [0.25, 0.3) is 0 Å². The van der Waals surface area contributed by atoms with E-state index in [2.05, 4.69) is 10.6 Å². The van der Waals surface area contributed by atoms with Gasteiger partial charge in [0, 0.05) is 6.54 Å². The van der Waals surface area contributed by atoms with Gasteiger partial charge in [-0.1, -0.05) is 0 Å². The van der Waals surface area contributed by atoms with E-state index in [1.54, 1.807) is 0 Å². The predicted molar refractivity (Wildman–Crippen MR) is 51.4 cm³/mol. The number of carbonyl (C=O) groups excluding carboxylic acids is 1. The van der Waals surface area contributed by atoms with Crippen LogP contribution in [0, 0.1) is 5.41 Å². The minimum Gasteiger partial charge on any atom is -0.356 e. The van der Waals surface area contributed by atoms with Crippen molar-refractivity contribution in [1.82, 2.24) is 10.6 Å². The van der Waals surface area contributed by atoms with E-state index in [0.717, 1.165) is 51.7 Å². The molecule has 2 N–H and O–H groups in total. The largest absolute Gasteiger partial charge is 0.356 e. The number of hydrogen-bond acceptors (Lipinski definition) is 2. The first kappa shape index (κ1) is 9.00. The first-order valence-electron chi connectivity index (χ1n) is 5.33. The molecule has 2 fully saturated rings. The lowest BCUT2D eigenvalue weighted by molar-refractivity contribution is -0.128. The molecule has 0 aromatic heterocycles. The van der Waals surface area contributed by atoms with Gasteiger partial charge in [-0.15, -0.1) is 0 Å². The Bertz CT molecular complexity index is 195. The molecule has 3 heteroatoms. The van der Waals surface area contributed by atoms with E-state index in [0.29, 0.717) is 5.91 Å². The van der Waals surface area contributed by atoms with Gasteiger partial charge in [-0.05, 0) is 45.2 Å². The third-order valence-electron chi connectivity index (χ3n) is 3.39. The monoisotopic (exact) mass is 182 g/mol. The third-order valence-corrected chi connectivity index (χ3v) is 3.39. The van der Waals surface area contributed by atoms with Crippen LogP contribution in [0.1, 0.15) is 32.1 Å². The first-order chi connectivity index (χ1) is 6.33. The summed E-state index contributed by atoms with van der Waals surface area (Å²) in [4.78, 5) is 11.7. The van der Waals surface area contributed by atoms with Crippen LogP contribution in [0.15, 0.2) is 0 Å². The molecule has 13 heavy (non-hydrogen) atoms. The van der Waals surface area contributed by atoms with E-state index < -0.39 is 0 Å². The lowest BCUT2D eigenvalue weighted by Crippen LogP contribution is -2.35. The molecule has 0 aliphatic carbocycles. The fourth-order valence-electron chi connectivity index (χ4n) is 2.55. The van der Waals surface area contributed by atoms with Crippen molar-refractivity contribution in [2.75, 3.05) is 19.6 Å². The highest BCUT2D eigenvalue weighted by molar-refractivity contribution is 5.84. The predicted octanol–water partition coefficient (Wildman–Crippen LogP) is 0.656. The first-order valence-corrected chi connectivity index (χ1v) is 5.33. The van der Waals surface area contributed by atoms with Crippen LogP contribution in [0.5, 0.6) is 0 Å². The summed E-state index contributed by atoms with van der Waals surface area (Å²) in [5.74, 6) is 0.314. The number of carbonyl (C=O) groups is 1. The normalized spacial score (nSPS) is 28.2. The van der Waals surface area contributed by atoms with Gasteiger partial charge < -0.3 is 10.6 Å². The molecule has 0 aromatic rings. The van der Waals surface area contributed by atoms with Gasteiger partial charge in [0.05, 0.1) is 5.41 Å². The maximum absolute atomic E-state index is 11.7. The summed E-state index contributed by atoms with van der Waals surface area (Å²) >= 11 is 0. The van der Waals surface area contributed by atoms with Crippen molar-refractivity contribution in [3.63, 3.8) is 0 Å². The number of rotatable bonds is 0. The Morgan fingerprint density at radius 3 is 2.23 bits per heavy atom. The van der Waals surface area contributed by atoms with E-state index in [4.69, 9.17) is 0 Å². The summed E-state index contributed by atoms with van der Waals surface area (Å²) in [6.07, 6.45) is 5.50. The van der Waals surface area contributed by atoms with Gasteiger partial charge in [0.25, 0.3) is 0 Å². The summed E-state index contributed by atoms with van der Waals surface area (Å²) in [6, 6.07) is 0. The maximum atomic E-state index is 11.7. The molecule has 0 atom stereocenters. The Kier molecular flexibility index (Phi) is 2.54. The van der Waals surface area contributed by atoms with Gasteiger partial charge in [-0.25, -0.2) is 0 Å². The highest BCUT2D eigenvalue weighted by Gasteiger charge is 2.41. The second-order valence-corrected chi connectivity index (χ2v) is 4.24. The summed E-state index contributed by atoms with van der Waals surface area (Å²) in [5.41, 5.74) is 0.0160. The van der Waals surface area contributed by atoms with E-state index >= 15 is 0 Å². The molecule has 2 heterocycles. The third kappa shape index (κ3) is 1.70. The molecule has 3 nitrogen and oxygen atoms in total. The zero-order valence-corrected chi connectivity index (χ0v) is 8.07. The summed E-state index contributed by atoms with van der Waals surface area (Å²) in [6.45, 7) is 3.05. The van der Waals surface area contributed by atoms with E-state index in [1.807, 2.05) is 0 Å². The molecule has 74 valence electrons. The molecule has 0 radical (unpaired) electrons. The number of amides is 1. The maximum Gasteiger partial charge on any atom is 0.226 e. The highest BCUT2D eigenvalue weighted by Crippen LogP contribution is 2.37. The molecule has 0 bridgehead atoms. The Labute approximate surface area is 79.3 Å². The van der Waals surface area contributed by atoms with Crippen molar-refractivity contribution in [3.05, 3.63) is 0 Å². The summed E-state index contributed by atoms with van der Waals surface area (Å²) in [7, 11) is 0. The van der Waals surface area contributed by atoms with Crippen LogP contribution < -0.4 is 10.6 Å². The van der Waals surface area contributed by atoms with Gasteiger partial charge in [0.15, 0.2) is 0 Å². The van der Waals surface area contributed by atoms with Gasteiger partial charge in [-0.3, -0.25) is 4.79 Å². The van der Waals surface area contributed by atoms with Gasteiger partial charge >= 0.3 is 0 Å². The van der Waals surface area contributed by atoms with Crippen LogP contribution in [-0.4, -0.2) is 25.5 Å². The molecule has 2 aliphatic rings. The molecular formula is C10H18N2O. The Morgan fingerprint density at radius 2 is 1.69 bits per heavy atom. The Hall–Kier alpha value is -0.570. The molecule has 0 aromatic carbocycles. The summed E-state index contributed by atoms with van der Waals surface area (Å²) in [5, 5.41) is 6.35. The van der Waals surface area contributed by atoms with Gasteiger partial charge in [0.2, 0.25) is 5.91 Å². The van der Waals surface area contributed by atoms with Gasteiger partial charge in [0.1, 0.15) is 0 Å². The van der Waals surface area contributed by atoms with Crippen LogP contribution in [0.3, 0.4) is 0 Å². The van der Waals surface area contributed by atoms with Crippen molar-refractivity contribution in [1.29, 1.82) is 0 Å². The highest BCUT2D eigenvalue weighted by atomic mass is 16.2. The molecule has 2 rings (SSSR count). The smallest absolute Gasteiger partial charge is 0.226 e. The van der Waals surface area contributed by atoms with Crippen LogP contribution in [-0.2, 0) is 4.79 Å². The van der Waals surface area contributed by atoms with E-state index in [-0.39, 0.29) is 5.41 Å². The number of nitrogens with one attached hydrogen (secondary N) is 2. The quantitative estimate of drug-likeness (QED) is 0.577.